The van der Waals surface area contributed by atoms with Crippen LogP contribution in [0.5, 0.6) is 5.75 Å². The molecule has 4 N–H and O–H groups in total. The minimum atomic E-state index is -6.06. The van der Waals surface area contributed by atoms with Gasteiger partial charge in [-0.15, -0.1) is 0 Å². The van der Waals surface area contributed by atoms with E-state index in [-0.39, 0.29) is 37.1 Å². The first kappa shape index (κ1) is 32.8. The van der Waals surface area contributed by atoms with Crippen molar-refractivity contribution < 1.29 is 50.9 Å². The highest BCUT2D eigenvalue weighted by atomic mass is 19.4. The van der Waals surface area contributed by atoms with Gasteiger partial charge in [0.25, 0.3) is 5.60 Å². The van der Waals surface area contributed by atoms with Crippen molar-refractivity contribution in [2.45, 2.75) is 62.2 Å². The van der Waals surface area contributed by atoms with Gasteiger partial charge in [0, 0.05) is 11.3 Å². The summed E-state index contributed by atoms with van der Waals surface area (Å²) in [5, 5.41) is 19.0. The SMILES string of the molecule is C[C@H](C(=O)N1C[C@@H](Oc2ccc(C[C@H](N)C(=O)O)cc2)CCc2cc(C(O)(C(F)(F)F)C(F)(F)F)ccc21)c1ccccc1. The van der Waals surface area contributed by atoms with Gasteiger partial charge in [0.05, 0.1) is 12.5 Å². The van der Waals surface area contributed by atoms with E-state index < -0.39 is 53.5 Å². The van der Waals surface area contributed by atoms with E-state index >= 15 is 0 Å². The highest BCUT2D eigenvalue weighted by Crippen LogP contribution is 2.51. The molecule has 0 bridgehead atoms. The molecule has 0 fully saturated rings. The van der Waals surface area contributed by atoms with E-state index in [0.29, 0.717) is 29.0 Å². The largest absolute Gasteiger partial charge is 0.489 e. The topological polar surface area (TPSA) is 113 Å². The Hall–Kier alpha value is -4.10. The van der Waals surface area contributed by atoms with Crippen molar-refractivity contribution in [2.24, 2.45) is 5.73 Å². The van der Waals surface area contributed by atoms with Gasteiger partial charge in [-0.2, -0.15) is 26.3 Å². The highest BCUT2D eigenvalue weighted by Gasteiger charge is 2.71. The number of benzene rings is 3. The van der Waals surface area contributed by atoms with Gasteiger partial charge in [0.1, 0.15) is 17.9 Å². The van der Waals surface area contributed by atoms with E-state index in [1.54, 1.807) is 61.5 Å². The maximum atomic E-state index is 13.8. The van der Waals surface area contributed by atoms with E-state index in [4.69, 9.17) is 15.6 Å². The lowest BCUT2D eigenvalue weighted by Crippen LogP contribution is -2.54. The monoisotopic (exact) mass is 624 g/mol. The number of fused-ring (bicyclic) bond motifs is 1. The number of aryl methyl sites for hydroxylation is 1. The van der Waals surface area contributed by atoms with Crippen molar-refractivity contribution in [3.8, 4) is 5.75 Å². The van der Waals surface area contributed by atoms with E-state index in [0.717, 1.165) is 6.07 Å². The number of anilines is 1. The van der Waals surface area contributed by atoms with Crippen LogP contribution in [-0.2, 0) is 28.0 Å². The maximum absolute atomic E-state index is 13.8. The van der Waals surface area contributed by atoms with Gasteiger partial charge >= 0.3 is 18.3 Å². The summed E-state index contributed by atoms with van der Waals surface area (Å²) < 4.78 is 88.0. The number of carboxylic acid groups (broad SMARTS) is 1. The fraction of sp³-hybridized carbons (Fsp3) is 0.355. The standard InChI is InChI=1S/C31H30F6N2O5/c1-18(20-5-3-2-4-6-20)27(40)39-17-24(44-23-11-7-19(8-12-23)15-25(38)28(41)42)13-9-21-16-22(10-14-26(21)39)29(43,30(32,33)34)31(35,36)37/h2-8,10-12,14,16,18,24-25,43H,9,13,15,17,38H2,1H3,(H,41,42)/t18-,24-,25-/m0/s1. The minimum absolute atomic E-state index is 0.00661. The number of carbonyl (C=O) groups excluding carboxylic acids is 1. The number of carbonyl (C=O) groups is 2. The molecule has 1 aliphatic rings. The zero-order valence-corrected chi connectivity index (χ0v) is 23.4. The fourth-order valence-electron chi connectivity index (χ4n) is 5.13. The van der Waals surface area contributed by atoms with Crippen molar-refractivity contribution >= 4 is 17.6 Å². The van der Waals surface area contributed by atoms with Crippen LogP contribution in [0.1, 0.15) is 41.5 Å². The number of nitrogens with two attached hydrogens (primary N) is 1. The Labute approximate surface area is 248 Å². The third-order valence-corrected chi connectivity index (χ3v) is 7.67. The zero-order valence-electron chi connectivity index (χ0n) is 23.4. The summed E-state index contributed by atoms with van der Waals surface area (Å²) in [5.74, 6) is -1.99. The Morgan fingerprint density at radius 1 is 0.977 bits per heavy atom. The van der Waals surface area contributed by atoms with Gasteiger partial charge in [0.2, 0.25) is 5.91 Å². The number of hydrogen-bond donors (Lipinski definition) is 3. The molecule has 0 aromatic heterocycles. The molecule has 44 heavy (non-hydrogen) atoms. The number of hydrogen-bond acceptors (Lipinski definition) is 5. The van der Waals surface area contributed by atoms with Crippen LogP contribution in [0, 0.1) is 0 Å². The number of amides is 1. The number of aliphatic carboxylic acids is 1. The van der Waals surface area contributed by atoms with Crippen LogP contribution in [-0.4, -0.2) is 53.1 Å². The van der Waals surface area contributed by atoms with Crippen LogP contribution in [0.15, 0.2) is 72.8 Å². The summed E-state index contributed by atoms with van der Waals surface area (Å²) in [6.45, 7) is 1.57. The normalized spacial score (nSPS) is 17.3. The Morgan fingerprint density at radius 2 is 1.59 bits per heavy atom. The smallest absolute Gasteiger partial charge is 0.430 e. The highest BCUT2D eigenvalue weighted by molar-refractivity contribution is 5.98. The number of nitrogens with zero attached hydrogens (tertiary/aromatic N) is 1. The predicted molar refractivity (Wildman–Crippen MR) is 148 cm³/mol. The van der Waals surface area contributed by atoms with Gasteiger partial charge in [-0.05, 0) is 61.1 Å². The third kappa shape index (κ3) is 6.68. The molecule has 0 radical (unpaired) electrons. The van der Waals surface area contributed by atoms with E-state index in [2.05, 4.69) is 0 Å². The average molecular weight is 625 g/mol. The van der Waals surface area contributed by atoms with E-state index in [1.807, 2.05) is 0 Å². The molecule has 3 aromatic rings. The molecule has 7 nitrogen and oxygen atoms in total. The van der Waals surface area contributed by atoms with Crippen LogP contribution >= 0.6 is 0 Å². The van der Waals surface area contributed by atoms with Crippen molar-refractivity contribution in [3.05, 3.63) is 95.1 Å². The fourth-order valence-corrected chi connectivity index (χ4v) is 5.13. The molecule has 0 aliphatic carbocycles. The molecule has 13 heteroatoms. The molecule has 236 valence electrons. The summed E-state index contributed by atoms with van der Waals surface area (Å²) in [4.78, 5) is 26.2. The third-order valence-electron chi connectivity index (χ3n) is 7.67. The second-order valence-electron chi connectivity index (χ2n) is 10.7. The average Bonchev–Trinajstić information content (AvgIpc) is 3.15. The first-order valence-electron chi connectivity index (χ1n) is 13.6. The first-order valence-corrected chi connectivity index (χ1v) is 13.6. The van der Waals surface area contributed by atoms with Crippen LogP contribution in [0.25, 0.3) is 0 Å². The molecule has 4 rings (SSSR count). The number of alkyl halides is 6. The van der Waals surface area contributed by atoms with Gasteiger partial charge in [0.15, 0.2) is 0 Å². The maximum Gasteiger partial charge on any atom is 0.430 e. The number of rotatable bonds is 8. The lowest BCUT2D eigenvalue weighted by Gasteiger charge is -2.34. The van der Waals surface area contributed by atoms with Crippen LogP contribution in [0.3, 0.4) is 0 Å². The van der Waals surface area contributed by atoms with Gasteiger partial charge in [-0.25, -0.2) is 0 Å². The van der Waals surface area contributed by atoms with Crippen LogP contribution in [0.4, 0.5) is 32.0 Å². The molecule has 0 saturated heterocycles. The summed E-state index contributed by atoms with van der Waals surface area (Å²) >= 11 is 0. The van der Waals surface area contributed by atoms with Gasteiger partial charge in [-0.1, -0.05) is 54.6 Å². The number of ether oxygens (including phenoxy) is 1. The summed E-state index contributed by atoms with van der Waals surface area (Å²) in [5.41, 5.74) is 0.449. The summed E-state index contributed by atoms with van der Waals surface area (Å²) in [6, 6.07) is 16.1. The zero-order chi connectivity index (χ0) is 32.4. The molecule has 1 aliphatic heterocycles. The molecule has 1 heterocycles. The number of carboxylic acids is 1. The van der Waals surface area contributed by atoms with E-state index in [9.17, 15) is 41.0 Å². The van der Waals surface area contributed by atoms with Crippen molar-refractivity contribution in [3.63, 3.8) is 0 Å². The number of aliphatic hydroxyl groups is 1. The molecule has 0 saturated carbocycles. The molecule has 0 spiro atoms. The summed E-state index contributed by atoms with van der Waals surface area (Å²) in [7, 11) is 0. The Bertz CT molecular complexity index is 1460. The van der Waals surface area contributed by atoms with Crippen molar-refractivity contribution in [2.75, 3.05) is 11.4 Å². The van der Waals surface area contributed by atoms with E-state index in [1.165, 1.54) is 4.90 Å². The lowest BCUT2D eigenvalue weighted by atomic mass is 9.89. The lowest BCUT2D eigenvalue weighted by molar-refractivity contribution is -0.376. The second kappa shape index (κ2) is 12.5. The summed E-state index contributed by atoms with van der Waals surface area (Å²) in [6.07, 6.45) is -12.7. The molecular weight excluding hydrogens is 594 g/mol. The molecule has 3 aromatic carbocycles. The Morgan fingerprint density at radius 3 is 2.16 bits per heavy atom. The molecule has 0 unspecified atom stereocenters. The molecule has 1 amide bonds. The quantitative estimate of drug-likeness (QED) is 0.286. The molecule has 3 atom stereocenters. The first-order chi connectivity index (χ1) is 20.5. The van der Waals surface area contributed by atoms with Crippen molar-refractivity contribution in [1.82, 2.24) is 0 Å². The number of halogens is 6. The van der Waals surface area contributed by atoms with Crippen molar-refractivity contribution in [1.29, 1.82) is 0 Å². The minimum Gasteiger partial charge on any atom is -0.489 e. The Kier molecular flexibility index (Phi) is 9.31. The molecular formula is C31H30F6N2O5. The Balaban J connectivity index is 1.69. The second-order valence-corrected chi connectivity index (χ2v) is 10.7. The van der Waals surface area contributed by atoms with Crippen LogP contribution in [0.2, 0.25) is 0 Å². The predicted octanol–water partition coefficient (Wildman–Crippen LogP) is 5.48. The van der Waals surface area contributed by atoms with Gasteiger partial charge in [-0.3, -0.25) is 9.59 Å². The van der Waals surface area contributed by atoms with Gasteiger partial charge < -0.3 is 25.6 Å². The van der Waals surface area contributed by atoms with Crippen LogP contribution < -0.4 is 15.4 Å².